The number of rotatable bonds is 1. The van der Waals surface area contributed by atoms with Gasteiger partial charge in [-0.15, -0.1) is 0 Å². The van der Waals surface area contributed by atoms with E-state index in [4.69, 9.17) is 0 Å². The van der Waals surface area contributed by atoms with E-state index in [0.29, 0.717) is 6.42 Å². The molecule has 1 aliphatic rings. The van der Waals surface area contributed by atoms with E-state index in [0.717, 1.165) is 15.6 Å². The number of amides is 1. The Hall–Kier alpha value is -1.61. The van der Waals surface area contributed by atoms with Gasteiger partial charge in [-0.05, 0) is 35.7 Å². The maximum absolute atomic E-state index is 12.3. The lowest BCUT2D eigenvalue weighted by molar-refractivity contribution is -0.134. The van der Waals surface area contributed by atoms with Crippen molar-refractivity contribution in [2.24, 2.45) is 0 Å². The second-order valence-corrected chi connectivity index (χ2v) is 6.28. The third kappa shape index (κ3) is 1.88. The van der Waals surface area contributed by atoms with Crippen molar-refractivity contribution in [3.63, 3.8) is 0 Å². The summed E-state index contributed by atoms with van der Waals surface area (Å²) in [6, 6.07) is 16.4. The van der Waals surface area contributed by atoms with Crippen LogP contribution in [0.5, 0.6) is 0 Å². The number of carbonyl (C=O) groups is 1. The molecule has 1 amide bonds. The Morgan fingerprint density at radius 3 is 2.55 bits per heavy atom. The normalized spacial score (nSPS) is 21.8. The summed E-state index contributed by atoms with van der Waals surface area (Å²) in [6.45, 7) is 2.12. The Morgan fingerprint density at radius 1 is 1.15 bits per heavy atom. The van der Waals surface area contributed by atoms with Crippen LogP contribution in [0.4, 0.5) is 0 Å². The Balaban J connectivity index is 2.28. The van der Waals surface area contributed by atoms with E-state index in [-0.39, 0.29) is 5.91 Å². The molecule has 0 radical (unpaired) electrons. The fourth-order valence-corrected chi connectivity index (χ4v) is 3.34. The third-order valence-electron chi connectivity index (χ3n) is 4.32. The minimum atomic E-state index is -0.421. The summed E-state index contributed by atoms with van der Waals surface area (Å²) >= 11 is 3.55. The molecule has 3 rings (SSSR count). The van der Waals surface area contributed by atoms with E-state index in [1.807, 2.05) is 42.3 Å². The lowest BCUT2D eigenvalue weighted by Crippen LogP contribution is -2.50. The molecule has 0 saturated carbocycles. The molecule has 1 aliphatic heterocycles. The van der Waals surface area contributed by atoms with Crippen molar-refractivity contribution in [2.75, 3.05) is 7.05 Å². The monoisotopic (exact) mass is 329 g/mol. The highest BCUT2D eigenvalue weighted by Crippen LogP contribution is 2.41. The molecule has 0 N–H and O–H groups in total. The van der Waals surface area contributed by atoms with Crippen molar-refractivity contribution < 1.29 is 4.79 Å². The van der Waals surface area contributed by atoms with Gasteiger partial charge in [-0.2, -0.15) is 0 Å². The number of fused-ring (bicyclic) bond motifs is 1. The fraction of sp³-hybridized carbons (Fsp3) is 0.235. The third-order valence-corrected chi connectivity index (χ3v) is 4.81. The van der Waals surface area contributed by atoms with Gasteiger partial charge < -0.3 is 4.90 Å². The number of benzene rings is 2. The van der Waals surface area contributed by atoms with Crippen LogP contribution in [-0.2, 0) is 16.8 Å². The van der Waals surface area contributed by atoms with E-state index in [9.17, 15) is 4.79 Å². The van der Waals surface area contributed by atoms with E-state index in [1.165, 1.54) is 5.56 Å². The van der Waals surface area contributed by atoms with Crippen LogP contribution in [0, 0.1) is 0 Å². The molecule has 2 aromatic carbocycles. The summed E-state index contributed by atoms with van der Waals surface area (Å²) in [7, 11) is 1.89. The van der Waals surface area contributed by atoms with E-state index in [1.54, 1.807) is 0 Å². The molecule has 0 spiro atoms. The van der Waals surface area contributed by atoms with E-state index >= 15 is 0 Å². The average molecular weight is 330 g/mol. The predicted octanol–water partition coefficient (Wildman–Crippen LogP) is 3.73. The van der Waals surface area contributed by atoms with Crippen LogP contribution in [0.25, 0.3) is 0 Å². The largest absolute Gasteiger partial charge is 0.332 e. The fourth-order valence-electron chi connectivity index (χ4n) is 2.98. The van der Waals surface area contributed by atoms with Gasteiger partial charge in [-0.1, -0.05) is 52.3 Å². The Morgan fingerprint density at radius 2 is 1.85 bits per heavy atom. The SMILES string of the molecule is CN1C(=O)Cc2ccc(Br)cc2C1(C)c1ccccc1. The molecule has 102 valence electrons. The van der Waals surface area contributed by atoms with Crippen LogP contribution in [0.15, 0.2) is 53.0 Å². The highest BCUT2D eigenvalue weighted by atomic mass is 79.9. The minimum Gasteiger partial charge on any atom is -0.332 e. The van der Waals surface area contributed by atoms with E-state index in [2.05, 4.69) is 41.1 Å². The van der Waals surface area contributed by atoms with Crippen LogP contribution in [0.1, 0.15) is 23.6 Å². The second kappa shape index (κ2) is 4.74. The zero-order valence-electron chi connectivity index (χ0n) is 11.6. The van der Waals surface area contributed by atoms with Crippen LogP contribution in [0.3, 0.4) is 0 Å². The zero-order chi connectivity index (χ0) is 14.3. The van der Waals surface area contributed by atoms with E-state index < -0.39 is 5.54 Å². The average Bonchev–Trinajstić information content (AvgIpc) is 2.47. The molecular formula is C17H16BrNO. The van der Waals surface area contributed by atoms with Gasteiger partial charge in [0.05, 0.1) is 12.0 Å². The topological polar surface area (TPSA) is 20.3 Å². The Labute approximate surface area is 127 Å². The Kier molecular flexibility index (Phi) is 3.17. The van der Waals surface area contributed by atoms with Gasteiger partial charge in [-0.3, -0.25) is 4.79 Å². The first kappa shape index (κ1) is 13.4. The summed E-state index contributed by atoms with van der Waals surface area (Å²) in [5.74, 6) is 0.158. The smallest absolute Gasteiger partial charge is 0.227 e. The number of hydrogen-bond donors (Lipinski definition) is 0. The lowest BCUT2D eigenvalue weighted by Gasteiger charge is -2.44. The van der Waals surface area contributed by atoms with Gasteiger partial charge in [0, 0.05) is 11.5 Å². The van der Waals surface area contributed by atoms with Gasteiger partial charge in [0.1, 0.15) is 0 Å². The van der Waals surface area contributed by atoms with Crippen molar-refractivity contribution >= 4 is 21.8 Å². The quantitative estimate of drug-likeness (QED) is 0.780. The minimum absolute atomic E-state index is 0.158. The van der Waals surface area contributed by atoms with Crippen LogP contribution in [0.2, 0.25) is 0 Å². The number of nitrogens with zero attached hydrogens (tertiary/aromatic N) is 1. The highest BCUT2D eigenvalue weighted by molar-refractivity contribution is 9.10. The molecule has 1 atom stereocenters. The van der Waals surface area contributed by atoms with Crippen molar-refractivity contribution in [2.45, 2.75) is 18.9 Å². The molecule has 2 aromatic rings. The van der Waals surface area contributed by atoms with Crippen molar-refractivity contribution in [1.82, 2.24) is 4.90 Å². The molecule has 3 heteroatoms. The van der Waals surface area contributed by atoms with Crippen molar-refractivity contribution in [3.05, 3.63) is 69.7 Å². The highest BCUT2D eigenvalue weighted by Gasteiger charge is 2.41. The zero-order valence-corrected chi connectivity index (χ0v) is 13.1. The molecule has 0 fully saturated rings. The molecule has 0 aliphatic carbocycles. The molecule has 1 heterocycles. The van der Waals surface area contributed by atoms with Gasteiger partial charge in [0.15, 0.2) is 0 Å². The molecular weight excluding hydrogens is 314 g/mol. The number of carbonyl (C=O) groups excluding carboxylic acids is 1. The van der Waals surface area contributed by atoms with Crippen LogP contribution in [-0.4, -0.2) is 17.9 Å². The number of hydrogen-bond acceptors (Lipinski definition) is 1. The molecule has 2 nitrogen and oxygen atoms in total. The molecule has 0 bridgehead atoms. The lowest BCUT2D eigenvalue weighted by atomic mass is 9.77. The predicted molar refractivity (Wildman–Crippen MR) is 83.5 cm³/mol. The molecule has 0 aromatic heterocycles. The van der Waals surface area contributed by atoms with Crippen molar-refractivity contribution in [1.29, 1.82) is 0 Å². The van der Waals surface area contributed by atoms with Gasteiger partial charge in [-0.25, -0.2) is 0 Å². The molecule has 0 saturated heterocycles. The summed E-state index contributed by atoms with van der Waals surface area (Å²) < 4.78 is 1.04. The van der Waals surface area contributed by atoms with Gasteiger partial charge >= 0.3 is 0 Å². The first-order chi connectivity index (χ1) is 9.53. The maximum atomic E-state index is 12.3. The van der Waals surface area contributed by atoms with Crippen molar-refractivity contribution in [3.8, 4) is 0 Å². The molecule has 20 heavy (non-hydrogen) atoms. The standard InChI is InChI=1S/C17H16BrNO/c1-17(13-6-4-3-5-7-13)15-11-14(18)9-8-12(15)10-16(20)19(17)2/h3-9,11H,10H2,1-2H3. The number of halogens is 1. The van der Waals surface area contributed by atoms with Gasteiger partial charge in [0.2, 0.25) is 5.91 Å². The first-order valence-corrected chi connectivity index (χ1v) is 7.44. The van der Waals surface area contributed by atoms with Crippen LogP contribution >= 0.6 is 15.9 Å². The molecule has 1 unspecified atom stereocenters. The first-order valence-electron chi connectivity index (χ1n) is 6.64. The summed E-state index contributed by atoms with van der Waals surface area (Å²) in [6.07, 6.45) is 0.474. The summed E-state index contributed by atoms with van der Waals surface area (Å²) in [4.78, 5) is 14.2. The second-order valence-electron chi connectivity index (χ2n) is 5.37. The van der Waals surface area contributed by atoms with Crippen LogP contribution < -0.4 is 0 Å². The summed E-state index contributed by atoms with van der Waals surface area (Å²) in [5.41, 5.74) is 3.02. The Bertz CT molecular complexity index is 668. The number of likely N-dealkylation sites (N-methyl/N-ethyl adjacent to an activating group) is 1. The maximum Gasteiger partial charge on any atom is 0.227 e. The summed E-state index contributed by atoms with van der Waals surface area (Å²) in [5, 5.41) is 0. The van der Waals surface area contributed by atoms with Gasteiger partial charge in [0.25, 0.3) is 0 Å².